The number of hydrogen-bond donors (Lipinski definition) is 4. The maximum absolute atomic E-state index is 13.3. The minimum Gasteiger partial charge on any atom is -0.465 e. The van der Waals surface area contributed by atoms with Crippen molar-refractivity contribution >= 4 is 17.9 Å². The summed E-state index contributed by atoms with van der Waals surface area (Å²) in [6.45, 7) is 3.98. The Morgan fingerprint density at radius 3 is 2.37 bits per heavy atom. The summed E-state index contributed by atoms with van der Waals surface area (Å²) in [7, 11) is 0. The van der Waals surface area contributed by atoms with Crippen LogP contribution in [0.2, 0.25) is 0 Å². The fraction of sp³-hybridized carbons (Fsp3) is 0.885. The molecule has 0 amide bonds. The molecule has 1 fully saturated rings. The second-order valence-electron chi connectivity index (χ2n) is 10.0. The van der Waals surface area contributed by atoms with Gasteiger partial charge in [0.2, 0.25) is 0 Å². The number of nitrogens with zero attached hydrogens (tertiary/aromatic N) is 2. The number of carbonyl (C=O) groups is 1. The van der Waals surface area contributed by atoms with Crippen molar-refractivity contribution < 1.29 is 14.3 Å². The van der Waals surface area contributed by atoms with Crippen LogP contribution in [0, 0.1) is 5.92 Å². The van der Waals surface area contributed by atoms with Gasteiger partial charge in [-0.05, 0) is 32.1 Å². The number of guanidine groups is 2. The number of rotatable bonds is 18. The maximum atomic E-state index is 13.3. The van der Waals surface area contributed by atoms with Crippen LogP contribution in [-0.4, -0.2) is 49.4 Å². The highest BCUT2D eigenvalue weighted by atomic mass is 16.5. The van der Waals surface area contributed by atoms with Crippen LogP contribution in [0.4, 0.5) is 0 Å². The lowest BCUT2D eigenvalue weighted by atomic mass is 9.82. The Kier molecular flexibility index (Phi) is 13.9. The molecule has 7 N–H and O–H groups in total. The van der Waals surface area contributed by atoms with Crippen LogP contribution in [-0.2, 0) is 14.3 Å². The Bertz CT molecular complexity index is 659. The normalized spacial score (nSPS) is 23.6. The van der Waals surface area contributed by atoms with E-state index in [2.05, 4.69) is 22.2 Å². The Balaban J connectivity index is 1.76. The lowest BCUT2D eigenvalue weighted by molar-refractivity contribution is -0.165. The Morgan fingerprint density at radius 1 is 1.06 bits per heavy atom. The van der Waals surface area contributed by atoms with Gasteiger partial charge in [-0.1, -0.05) is 77.6 Å². The van der Waals surface area contributed by atoms with Gasteiger partial charge in [0.15, 0.2) is 17.6 Å². The molecule has 2 aliphatic rings. The van der Waals surface area contributed by atoms with E-state index < -0.39 is 11.6 Å². The van der Waals surface area contributed by atoms with Crippen molar-refractivity contribution in [1.29, 1.82) is 0 Å². The zero-order valence-electron chi connectivity index (χ0n) is 21.9. The van der Waals surface area contributed by atoms with Crippen LogP contribution in [0.5, 0.6) is 0 Å². The molecule has 0 aromatic rings. The van der Waals surface area contributed by atoms with Gasteiger partial charge in [0.25, 0.3) is 0 Å². The first-order valence-electron chi connectivity index (χ1n) is 14.0. The topological polar surface area (TPSA) is 150 Å². The summed E-state index contributed by atoms with van der Waals surface area (Å²) in [5, 5.41) is 3.20. The van der Waals surface area contributed by atoms with Gasteiger partial charge in [-0.2, -0.15) is 0 Å². The van der Waals surface area contributed by atoms with E-state index in [1.807, 2.05) is 0 Å². The average Bonchev–Trinajstić information content (AvgIpc) is 3.27. The van der Waals surface area contributed by atoms with Gasteiger partial charge in [-0.25, -0.2) is 4.99 Å². The summed E-state index contributed by atoms with van der Waals surface area (Å²) in [5.74, 6) is -0.125. The molecule has 0 saturated carbocycles. The summed E-state index contributed by atoms with van der Waals surface area (Å²) in [4.78, 5) is 21.9. The van der Waals surface area contributed by atoms with Crippen molar-refractivity contribution in [2.75, 3.05) is 19.8 Å². The van der Waals surface area contributed by atoms with Gasteiger partial charge in [0.1, 0.15) is 5.92 Å². The quantitative estimate of drug-likeness (QED) is 0.0981. The van der Waals surface area contributed by atoms with E-state index in [9.17, 15) is 4.79 Å². The third-order valence-electron chi connectivity index (χ3n) is 7.03. The van der Waals surface area contributed by atoms with Crippen LogP contribution in [0.1, 0.15) is 110 Å². The molecule has 1 spiro atoms. The number of ether oxygens (including phenoxy) is 2. The standard InChI is InChI=1S/C26H50N6O3/c1-2-3-4-5-6-9-12-16-21-22(26(17-15-20-35-26)32-25(29)31-21)23(33)34-19-14-11-8-7-10-13-18-30-24(27)28/h21-22H,2-20H2,1H3,(H4,27,28,30)(H3,29,31,32). The van der Waals surface area contributed by atoms with Crippen molar-refractivity contribution in [2.45, 2.75) is 121 Å². The first kappa shape index (κ1) is 29.2. The maximum Gasteiger partial charge on any atom is 0.316 e. The summed E-state index contributed by atoms with van der Waals surface area (Å²) < 4.78 is 11.9. The Labute approximate surface area is 212 Å². The Morgan fingerprint density at radius 2 is 1.71 bits per heavy atom. The van der Waals surface area contributed by atoms with Gasteiger partial charge in [0.05, 0.1) is 12.6 Å². The third kappa shape index (κ3) is 10.6. The fourth-order valence-corrected chi connectivity index (χ4v) is 5.18. The average molecular weight is 495 g/mol. The van der Waals surface area contributed by atoms with E-state index in [1.54, 1.807) is 0 Å². The van der Waals surface area contributed by atoms with Gasteiger partial charge in [0, 0.05) is 13.2 Å². The minimum atomic E-state index is -0.774. The molecule has 0 aliphatic carbocycles. The molecule has 0 aromatic carbocycles. The molecule has 202 valence electrons. The number of esters is 1. The molecule has 1 saturated heterocycles. The van der Waals surface area contributed by atoms with Crippen molar-refractivity contribution in [2.24, 2.45) is 33.1 Å². The molecule has 9 heteroatoms. The molecule has 0 bridgehead atoms. The van der Waals surface area contributed by atoms with Crippen LogP contribution >= 0.6 is 0 Å². The van der Waals surface area contributed by atoms with Crippen LogP contribution in [0.25, 0.3) is 0 Å². The van der Waals surface area contributed by atoms with Crippen LogP contribution in [0.3, 0.4) is 0 Å². The van der Waals surface area contributed by atoms with Crippen LogP contribution < -0.4 is 22.5 Å². The molecule has 2 rings (SSSR count). The van der Waals surface area contributed by atoms with E-state index >= 15 is 0 Å². The van der Waals surface area contributed by atoms with Crippen molar-refractivity contribution in [3.63, 3.8) is 0 Å². The predicted molar refractivity (Wildman–Crippen MR) is 142 cm³/mol. The lowest BCUT2D eigenvalue weighted by Gasteiger charge is -2.42. The highest BCUT2D eigenvalue weighted by molar-refractivity contribution is 5.84. The molecule has 35 heavy (non-hydrogen) atoms. The summed E-state index contributed by atoms with van der Waals surface area (Å²) in [5.41, 5.74) is 16.0. The van der Waals surface area contributed by atoms with Crippen molar-refractivity contribution in [1.82, 2.24) is 5.32 Å². The lowest BCUT2D eigenvalue weighted by Crippen LogP contribution is -2.64. The largest absolute Gasteiger partial charge is 0.465 e. The number of unbranched alkanes of at least 4 members (excludes halogenated alkanes) is 11. The summed E-state index contributed by atoms with van der Waals surface area (Å²) >= 11 is 0. The number of aliphatic imine (C=N–C) groups is 2. The third-order valence-corrected chi connectivity index (χ3v) is 7.03. The predicted octanol–water partition coefficient (Wildman–Crippen LogP) is 3.69. The first-order valence-corrected chi connectivity index (χ1v) is 14.0. The molecule has 3 atom stereocenters. The molecular weight excluding hydrogens is 444 g/mol. The summed E-state index contributed by atoms with van der Waals surface area (Å²) in [6, 6.07) is -0.192. The van der Waals surface area contributed by atoms with Crippen molar-refractivity contribution in [3.05, 3.63) is 0 Å². The second kappa shape index (κ2) is 16.6. The smallest absolute Gasteiger partial charge is 0.316 e. The summed E-state index contributed by atoms with van der Waals surface area (Å²) in [6.07, 6.45) is 17.3. The molecule has 0 radical (unpaired) electrons. The number of carbonyl (C=O) groups excluding carboxylic acids is 1. The fourth-order valence-electron chi connectivity index (χ4n) is 5.18. The van der Waals surface area contributed by atoms with Crippen molar-refractivity contribution in [3.8, 4) is 0 Å². The molecule has 3 unspecified atom stereocenters. The highest BCUT2D eigenvalue weighted by Crippen LogP contribution is 2.38. The zero-order chi connectivity index (χ0) is 25.4. The number of hydrogen-bond acceptors (Lipinski definition) is 7. The first-order chi connectivity index (χ1) is 17.0. The van der Waals surface area contributed by atoms with E-state index in [0.717, 1.165) is 70.6 Å². The number of nitrogens with one attached hydrogen (secondary N) is 1. The Hall–Kier alpha value is -2.03. The molecule has 2 aliphatic heterocycles. The number of nitrogens with two attached hydrogens (primary N) is 3. The minimum absolute atomic E-state index is 0.155. The van der Waals surface area contributed by atoms with Gasteiger partial charge >= 0.3 is 5.97 Å². The van der Waals surface area contributed by atoms with Gasteiger partial charge < -0.3 is 32.0 Å². The van der Waals surface area contributed by atoms with Crippen LogP contribution in [0.15, 0.2) is 9.98 Å². The van der Waals surface area contributed by atoms with Gasteiger partial charge in [-0.15, -0.1) is 0 Å². The SMILES string of the molecule is CCCCCCCCCC1N=C(N)NC2(CCCO2)C1C(=O)OCCCCCCCCN=C(N)N. The molecular formula is C26H50N6O3. The van der Waals surface area contributed by atoms with E-state index in [0.29, 0.717) is 25.7 Å². The molecule has 2 heterocycles. The second-order valence-corrected chi connectivity index (χ2v) is 10.0. The van der Waals surface area contributed by atoms with E-state index in [1.165, 1.54) is 32.1 Å². The highest BCUT2D eigenvalue weighted by Gasteiger charge is 2.53. The monoisotopic (exact) mass is 494 g/mol. The molecule has 9 nitrogen and oxygen atoms in total. The van der Waals surface area contributed by atoms with E-state index in [-0.39, 0.29) is 18.0 Å². The van der Waals surface area contributed by atoms with Gasteiger partial charge in [-0.3, -0.25) is 9.79 Å². The van der Waals surface area contributed by atoms with E-state index in [4.69, 9.17) is 26.7 Å². The molecule has 0 aromatic heterocycles. The zero-order valence-corrected chi connectivity index (χ0v) is 21.9.